The molecule has 3 heteroatoms. The maximum absolute atomic E-state index is 4.72. The van der Waals surface area contributed by atoms with Crippen LogP contribution in [0.2, 0.25) is 0 Å². The van der Waals surface area contributed by atoms with Crippen molar-refractivity contribution in [2.45, 2.75) is 13.5 Å². The van der Waals surface area contributed by atoms with Crippen LogP contribution in [0, 0.1) is 6.92 Å². The molecule has 3 nitrogen and oxygen atoms in total. The van der Waals surface area contributed by atoms with Crippen LogP contribution in [0.1, 0.15) is 11.3 Å². The Kier molecular flexibility index (Phi) is 4.13. The molecule has 0 aliphatic rings. The number of aromatic nitrogens is 3. The number of aryl methyl sites for hydroxylation is 1. The second-order valence-corrected chi connectivity index (χ2v) is 6.15. The predicted octanol–water partition coefficient (Wildman–Crippen LogP) is 4.97. The molecule has 0 bridgehead atoms. The first-order chi connectivity index (χ1) is 12.3. The maximum atomic E-state index is 4.72. The van der Waals surface area contributed by atoms with Gasteiger partial charge in [-0.3, -0.25) is 9.67 Å². The highest BCUT2D eigenvalue weighted by Gasteiger charge is 2.05. The Morgan fingerprint density at radius 1 is 0.800 bits per heavy atom. The minimum absolute atomic E-state index is 0.728. The lowest BCUT2D eigenvalue weighted by Crippen LogP contribution is -2.01. The third-order valence-electron chi connectivity index (χ3n) is 4.22. The van der Waals surface area contributed by atoms with Crippen LogP contribution in [0.4, 0.5) is 0 Å². The molecule has 0 amide bonds. The van der Waals surface area contributed by atoms with E-state index in [1.54, 1.807) is 0 Å². The fourth-order valence-corrected chi connectivity index (χ4v) is 2.87. The summed E-state index contributed by atoms with van der Waals surface area (Å²) in [4.78, 5) is 4.34. The fraction of sp³-hybridized carbons (Fsp3) is 0.0909. The summed E-state index contributed by atoms with van der Waals surface area (Å²) in [7, 11) is 0. The Balaban J connectivity index is 1.59. The van der Waals surface area contributed by atoms with Gasteiger partial charge in [0, 0.05) is 23.7 Å². The van der Waals surface area contributed by atoms with Gasteiger partial charge < -0.3 is 0 Å². The topological polar surface area (TPSA) is 30.7 Å². The smallest absolute Gasteiger partial charge is 0.0923 e. The van der Waals surface area contributed by atoms with Crippen molar-refractivity contribution in [1.29, 1.82) is 0 Å². The number of pyridine rings is 1. The largest absolute Gasteiger partial charge is 0.268 e. The molecule has 2 aromatic carbocycles. The summed E-state index contributed by atoms with van der Waals surface area (Å²) < 4.78 is 1.96. The van der Waals surface area contributed by atoms with Gasteiger partial charge in [-0.25, -0.2) is 0 Å². The zero-order valence-corrected chi connectivity index (χ0v) is 14.1. The first-order valence-electron chi connectivity index (χ1n) is 8.39. The summed E-state index contributed by atoms with van der Waals surface area (Å²) in [6.07, 6.45) is 3.93. The van der Waals surface area contributed by atoms with Crippen molar-refractivity contribution < 1.29 is 0 Å². The van der Waals surface area contributed by atoms with Crippen LogP contribution in [-0.4, -0.2) is 14.8 Å². The molecule has 4 aromatic rings. The Bertz CT molecular complexity index is 970. The molecule has 0 spiro atoms. The summed E-state index contributed by atoms with van der Waals surface area (Å²) in [5.74, 6) is 0. The quantitative estimate of drug-likeness (QED) is 0.530. The lowest BCUT2D eigenvalue weighted by atomic mass is 10.0. The van der Waals surface area contributed by atoms with Crippen LogP contribution < -0.4 is 0 Å². The minimum Gasteiger partial charge on any atom is -0.268 e. The van der Waals surface area contributed by atoms with Crippen molar-refractivity contribution in [3.05, 3.63) is 96.4 Å². The van der Waals surface area contributed by atoms with Crippen molar-refractivity contribution >= 4 is 0 Å². The van der Waals surface area contributed by atoms with E-state index in [4.69, 9.17) is 5.10 Å². The van der Waals surface area contributed by atoms with Gasteiger partial charge >= 0.3 is 0 Å². The van der Waals surface area contributed by atoms with Crippen molar-refractivity contribution in [2.75, 3.05) is 0 Å². The maximum Gasteiger partial charge on any atom is 0.0923 e. The standard InChI is InChI=1S/C22H19N3/c1-17-10-11-18(15-23-17)16-25-13-12-22(24-25)21-9-5-8-20(14-21)19-6-3-2-4-7-19/h2-15H,16H2,1H3. The third kappa shape index (κ3) is 3.50. The van der Waals surface area contributed by atoms with Crippen LogP contribution in [0.25, 0.3) is 22.4 Å². The van der Waals surface area contributed by atoms with Gasteiger partial charge in [0.15, 0.2) is 0 Å². The number of hydrogen-bond acceptors (Lipinski definition) is 2. The highest BCUT2D eigenvalue weighted by atomic mass is 15.3. The molecule has 0 aliphatic carbocycles. The van der Waals surface area contributed by atoms with Crippen LogP contribution in [0.3, 0.4) is 0 Å². The highest BCUT2D eigenvalue weighted by Crippen LogP contribution is 2.25. The molecule has 0 atom stereocenters. The lowest BCUT2D eigenvalue weighted by molar-refractivity contribution is 0.687. The minimum atomic E-state index is 0.728. The Hall–Kier alpha value is -3.20. The zero-order chi connectivity index (χ0) is 17.1. The molecule has 0 N–H and O–H groups in total. The summed E-state index contributed by atoms with van der Waals surface area (Å²) in [6, 6.07) is 25.1. The number of rotatable bonds is 4. The summed E-state index contributed by atoms with van der Waals surface area (Å²) in [6.45, 7) is 2.72. The van der Waals surface area contributed by atoms with Crippen molar-refractivity contribution in [2.24, 2.45) is 0 Å². The lowest BCUT2D eigenvalue weighted by Gasteiger charge is -2.04. The number of hydrogen-bond donors (Lipinski definition) is 0. The Morgan fingerprint density at radius 3 is 2.40 bits per heavy atom. The average Bonchev–Trinajstić information content (AvgIpc) is 3.13. The molecule has 4 rings (SSSR count). The van der Waals surface area contributed by atoms with Gasteiger partial charge in [-0.1, -0.05) is 54.6 Å². The molecule has 2 heterocycles. The Labute approximate surface area is 147 Å². The van der Waals surface area contributed by atoms with E-state index in [9.17, 15) is 0 Å². The summed E-state index contributed by atoms with van der Waals surface area (Å²) in [5.41, 5.74) is 6.71. The average molecular weight is 325 g/mol. The summed E-state index contributed by atoms with van der Waals surface area (Å²) in [5, 5.41) is 4.72. The van der Waals surface area contributed by atoms with Crippen LogP contribution in [0.15, 0.2) is 85.2 Å². The molecule has 0 fully saturated rings. The van der Waals surface area contributed by atoms with E-state index in [1.807, 2.05) is 36.1 Å². The van der Waals surface area contributed by atoms with Gasteiger partial charge in [-0.2, -0.15) is 5.10 Å². The molecule has 0 unspecified atom stereocenters. The van der Waals surface area contributed by atoms with Crippen molar-refractivity contribution in [3.63, 3.8) is 0 Å². The molecule has 0 aliphatic heterocycles. The van der Waals surface area contributed by atoms with Gasteiger partial charge in [0.1, 0.15) is 0 Å². The molecule has 122 valence electrons. The number of nitrogens with zero attached hydrogens (tertiary/aromatic N) is 3. The van der Waals surface area contributed by atoms with E-state index in [0.29, 0.717) is 0 Å². The van der Waals surface area contributed by atoms with Gasteiger partial charge in [-0.15, -0.1) is 0 Å². The van der Waals surface area contributed by atoms with E-state index < -0.39 is 0 Å². The van der Waals surface area contributed by atoms with E-state index in [0.717, 1.165) is 29.1 Å². The van der Waals surface area contributed by atoms with Crippen LogP contribution in [0.5, 0.6) is 0 Å². The fourth-order valence-electron chi connectivity index (χ4n) is 2.87. The highest BCUT2D eigenvalue weighted by molar-refractivity contribution is 5.71. The second kappa shape index (κ2) is 6.73. The second-order valence-electron chi connectivity index (χ2n) is 6.15. The third-order valence-corrected chi connectivity index (χ3v) is 4.22. The molecular formula is C22H19N3. The number of benzene rings is 2. The molecule has 25 heavy (non-hydrogen) atoms. The predicted molar refractivity (Wildman–Crippen MR) is 101 cm³/mol. The zero-order valence-electron chi connectivity index (χ0n) is 14.1. The first kappa shape index (κ1) is 15.3. The van der Waals surface area contributed by atoms with Crippen LogP contribution in [-0.2, 0) is 6.54 Å². The molecule has 0 saturated carbocycles. The van der Waals surface area contributed by atoms with Gasteiger partial charge in [0.05, 0.1) is 12.2 Å². The van der Waals surface area contributed by atoms with Crippen LogP contribution >= 0.6 is 0 Å². The van der Waals surface area contributed by atoms with E-state index in [2.05, 4.69) is 65.6 Å². The van der Waals surface area contributed by atoms with E-state index in [-0.39, 0.29) is 0 Å². The monoisotopic (exact) mass is 325 g/mol. The Morgan fingerprint density at radius 2 is 1.60 bits per heavy atom. The van der Waals surface area contributed by atoms with Gasteiger partial charge in [0.25, 0.3) is 0 Å². The summed E-state index contributed by atoms with van der Waals surface area (Å²) >= 11 is 0. The molecule has 2 aromatic heterocycles. The molecule has 0 saturated heterocycles. The van der Waals surface area contributed by atoms with E-state index >= 15 is 0 Å². The molecule has 0 radical (unpaired) electrons. The first-order valence-corrected chi connectivity index (χ1v) is 8.39. The molecular weight excluding hydrogens is 306 g/mol. The van der Waals surface area contributed by atoms with Crippen molar-refractivity contribution in [1.82, 2.24) is 14.8 Å². The van der Waals surface area contributed by atoms with E-state index in [1.165, 1.54) is 11.1 Å². The SMILES string of the molecule is Cc1ccc(Cn2ccc(-c3cccc(-c4ccccc4)c3)n2)cn1. The van der Waals surface area contributed by atoms with Crippen molar-refractivity contribution in [3.8, 4) is 22.4 Å². The van der Waals surface area contributed by atoms with Gasteiger partial charge in [-0.05, 0) is 41.8 Å². The van der Waals surface area contributed by atoms with Gasteiger partial charge in [0.2, 0.25) is 0 Å². The normalized spacial score (nSPS) is 10.8.